The Hall–Kier alpha value is -0.380. The molecule has 2 saturated heterocycles. The van der Waals surface area contributed by atoms with Crippen molar-refractivity contribution in [3.05, 3.63) is 21.3 Å². The molecule has 2 bridgehead atoms. The van der Waals surface area contributed by atoms with Gasteiger partial charge >= 0.3 is 0 Å². The SMILES string of the molecule is CC(c1ccc(Cl)s1)N1C2CCC1CC(=O)C2. The minimum absolute atomic E-state index is 0.401. The highest BCUT2D eigenvalue weighted by Gasteiger charge is 2.42. The Morgan fingerprint density at radius 2 is 2.00 bits per heavy atom. The molecule has 92 valence electrons. The Balaban J connectivity index is 1.83. The highest BCUT2D eigenvalue weighted by atomic mass is 35.5. The van der Waals surface area contributed by atoms with Gasteiger partial charge in [0.1, 0.15) is 5.78 Å². The fourth-order valence-corrected chi connectivity index (χ4v) is 4.46. The van der Waals surface area contributed by atoms with Gasteiger partial charge in [-0.25, -0.2) is 0 Å². The maximum Gasteiger partial charge on any atom is 0.136 e. The Kier molecular flexibility index (Phi) is 3.01. The summed E-state index contributed by atoms with van der Waals surface area (Å²) in [5.74, 6) is 0.449. The molecular weight excluding hydrogens is 254 g/mol. The molecule has 1 aromatic heterocycles. The van der Waals surface area contributed by atoms with Crippen LogP contribution in [0.5, 0.6) is 0 Å². The lowest BCUT2D eigenvalue weighted by Gasteiger charge is -2.38. The molecule has 17 heavy (non-hydrogen) atoms. The van der Waals surface area contributed by atoms with Crippen LogP contribution in [-0.2, 0) is 4.79 Å². The molecule has 3 rings (SSSR count). The largest absolute Gasteiger partial charge is 0.300 e. The normalized spacial score (nSPS) is 30.8. The van der Waals surface area contributed by atoms with E-state index in [1.54, 1.807) is 11.3 Å². The number of carbonyl (C=O) groups is 1. The van der Waals surface area contributed by atoms with E-state index < -0.39 is 0 Å². The van der Waals surface area contributed by atoms with Gasteiger partial charge < -0.3 is 0 Å². The van der Waals surface area contributed by atoms with Crippen molar-refractivity contribution in [3.8, 4) is 0 Å². The van der Waals surface area contributed by atoms with Crippen molar-refractivity contribution >= 4 is 28.7 Å². The lowest BCUT2D eigenvalue weighted by atomic mass is 9.99. The van der Waals surface area contributed by atoms with E-state index in [0.717, 1.165) is 17.2 Å². The van der Waals surface area contributed by atoms with Crippen molar-refractivity contribution in [3.63, 3.8) is 0 Å². The monoisotopic (exact) mass is 269 g/mol. The van der Waals surface area contributed by atoms with Crippen molar-refractivity contribution in [2.24, 2.45) is 0 Å². The molecule has 0 saturated carbocycles. The molecule has 2 fully saturated rings. The third-order valence-electron chi connectivity index (χ3n) is 4.06. The minimum atomic E-state index is 0.401. The number of hydrogen-bond acceptors (Lipinski definition) is 3. The van der Waals surface area contributed by atoms with Crippen LogP contribution < -0.4 is 0 Å². The Morgan fingerprint density at radius 3 is 2.53 bits per heavy atom. The second-order valence-electron chi connectivity index (χ2n) is 5.10. The highest BCUT2D eigenvalue weighted by Crippen LogP contribution is 2.42. The summed E-state index contributed by atoms with van der Waals surface area (Å²) in [5.41, 5.74) is 0. The van der Waals surface area contributed by atoms with Gasteiger partial charge in [0.25, 0.3) is 0 Å². The van der Waals surface area contributed by atoms with E-state index in [2.05, 4.69) is 17.9 Å². The predicted molar refractivity (Wildman–Crippen MR) is 70.6 cm³/mol. The summed E-state index contributed by atoms with van der Waals surface area (Å²) < 4.78 is 0.854. The first kappa shape index (κ1) is 11.7. The van der Waals surface area contributed by atoms with Gasteiger partial charge in [-0.15, -0.1) is 11.3 Å². The number of piperidine rings is 1. The van der Waals surface area contributed by atoms with Gasteiger partial charge in [0.05, 0.1) is 4.34 Å². The summed E-state index contributed by atoms with van der Waals surface area (Å²) in [7, 11) is 0. The second-order valence-corrected chi connectivity index (χ2v) is 6.84. The average molecular weight is 270 g/mol. The maximum atomic E-state index is 11.6. The molecule has 0 aromatic carbocycles. The Morgan fingerprint density at radius 1 is 1.35 bits per heavy atom. The summed E-state index contributed by atoms with van der Waals surface area (Å²) in [5, 5.41) is 0. The van der Waals surface area contributed by atoms with Gasteiger partial charge in [0.2, 0.25) is 0 Å². The number of thiophene rings is 1. The third kappa shape index (κ3) is 2.05. The van der Waals surface area contributed by atoms with Crippen molar-refractivity contribution < 1.29 is 4.79 Å². The number of rotatable bonds is 2. The molecular formula is C13H16ClNOS. The summed E-state index contributed by atoms with van der Waals surface area (Å²) in [6.45, 7) is 2.24. The molecule has 2 aliphatic heterocycles. The molecule has 3 heterocycles. The van der Waals surface area contributed by atoms with Gasteiger partial charge in [0, 0.05) is 35.8 Å². The van der Waals surface area contributed by atoms with E-state index in [0.29, 0.717) is 23.9 Å². The van der Waals surface area contributed by atoms with Crippen molar-refractivity contribution in [2.45, 2.75) is 50.7 Å². The Bertz CT molecular complexity index is 428. The fraction of sp³-hybridized carbons (Fsp3) is 0.615. The fourth-order valence-electron chi connectivity index (χ4n) is 3.34. The van der Waals surface area contributed by atoms with E-state index in [4.69, 9.17) is 11.6 Å². The van der Waals surface area contributed by atoms with Crippen LogP contribution in [0, 0.1) is 0 Å². The van der Waals surface area contributed by atoms with E-state index >= 15 is 0 Å². The van der Waals surface area contributed by atoms with Crippen LogP contribution in [0.3, 0.4) is 0 Å². The van der Waals surface area contributed by atoms with Crippen LogP contribution in [0.25, 0.3) is 0 Å². The maximum absolute atomic E-state index is 11.6. The van der Waals surface area contributed by atoms with Gasteiger partial charge in [-0.2, -0.15) is 0 Å². The second kappa shape index (κ2) is 4.38. The zero-order valence-electron chi connectivity index (χ0n) is 9.86. The molecule has 3 atom stereocenters. The van der Waals surface area contributed by atoms with Crippen LogP contribution in [0.1, 0.15) is 43.5 Å². The molecule has 4 heteroatoms. The minimum Gasteiger partial charge on any atom is -0.300 e. The number of nitrogens with zero attached hydrogens (tertiary/aromatic N) is 1. The number of carbonyl (C=O) groups excluding carboxylic acids is 1. The number of ketones is 1. The van der Waals surface area contributed by atoms with E-state index in [9.17, 15) is 4.79 Å². The number of hydrogen-bond donors (Lipinski definition) is 0. The van der Waals surface area contributed by atoms with Crippen LogP contribution in [-0.4, -0.2) is 22.8 Å². The molecule has 3 unspecified atom stereocenters. The first-order valence-electron chi connectivity index (χ1n) is 6.19. The van der Waals surface area contributed by atoms with Gasteiger partial charge in [-0.1, -0.05) is 11.6 Å². The Labute approximate surface area is 111 Å². The van der Waals surface area contributed by atoms with Gasteiger partial charge in [0.15, 0.2) is 0 Å². The average Bonchev–Trinajstić information content (AvgIpc) is 2.81. The molecule has 0 aliphatic carbocycles. The van der Waals surface area contributed by atoms with Gasteiger partial charge in [-0.05, 0) is 31.9 Å². The third-order valence-corrected chi connectivity index (χ3v) is 5.46. The van der Waals surface area contributed by atoms with Crippen LogP contribution in [0.2, 0.25) is 4.34 Å². The van der Waals surface area contributed by atoms with Crippen LogP contribution >= 0.6 is 22.9 Å². The lowest BCUT2D eigenvalue weighted by Crippen LogP contribution is -2.44. The standard InChI is InChI=1S/C13H16ClNOS/c1-8(12-4-5-13(14)17-12)15-9-2-3-10(15)7-11(16)6-9/h4-5,8-10H,2-3,6-7H2,1H3. The molecule has 2 nitrogen and oxygen atoms in total. The van der Waals surface area contributed by atoms with E-state index in [-0.39, 0.29) is 0 Å². The van der Waals surface area contributed by atoms with E-state index in [1.165, 1.54) is 17.7 Å². The van der Waals surface area contributed by atoms with Crippen LogP contribution in [0.15, 0.2) is 12.1 Å². The summed E-state index contributed by atoms with van der Waals surface area (Å²) in [6.07, 6.45) is 3.86. The van der Waals surface area contributed by atoms with Crippen molar-refractivity contribution in [1.82, 2.24) is 4.90 Å². The first-order chi connectivity index (χ1) is 8.15. The molecule has 0 spiro atoms. The van der Waals surface area contributed by atoms with E-state index in [1.807, 2.05) is 6.07 Å². The highest BCUT2D eigenvalue weighted by molar-refractivity contribution is 7.16. The van der Waals surface area contributed by atoms with Crippen molar-refractivity contribution in [2.75, 3.05) is 0 Å². The molecule has 0 N–H and O–H groups in total. The zero-order valence-corrected chi connectivity index (χ0v) is 11.4. The summed E-state index contributed by atoms with van der Waals surface area (Å²) in [4.78, 5) is 15.5. The van der Waals surface area contributed by atoms with Gasteiger partial charge in [-0.3, -0.25) is 9.69 Å². The molecule has 0 amide bonds. The number of halogens is 1. The summed E-state index contributed by atoms with van der Waals surface area (Å²) >= 11 is 7.66. The zero-order chi connectivity index (χ0) is 12.0. The smallest absolute Gasteiger partial charge is 0.136 e. The lowest BCUT2D eigenvalue weighted by molar-refractivity contribution is -0.124. The quantitative estimate of drug-likeness (QED) is 0.817. The van der Waals surface area contributed by atoms with Crippen molar-refractivity contribution in [1.29, 1.82) is 0 Å². The predicted octanol–water partition coefficient (Wildman–Crippen LogP) is 3.66. The summed E-state index contributed by atoms with van der Waals surface area (Å²) in [6, 6.07) is 5.43. The molecule has 0 radical (unpaired) electrons. The molecule has 2 aliphatic rings. The first-order valence-corrected chi connectivity index (χ1v) is 7.39. The number of fused-ring (bicyclic) bond motifs is 2. The topological polar surface area (TPSA) is 20.3 Å². The van der Waals surface area contributed by atoms with Crippen LogP contribution in [0.4, 0.5) is 0 Å². The molecule has 1 aromatic rings. The number of Topliss-reactive ketones (excluding diaryl/α,β-unsaturated/α-hetero) is 1.